The van der Waals surface area contributed by atoms with E-state index < -0.39 is 10.0 Å². The zero-order valence-corrected chi connectivity index (χ0v) is 15.4. The van der Waals surface area contributed by atoms with Gasteiger partial charge < -0.3 is 4.90 Å². The molecule has 0 radical (unpaired) electrons. The number of hydrogen-bond donors (Lipinski definition) is 1. The minimum atomic E-state index is -3.48. The van der Waals surface area contributed by atoms with Gasteiger partial charge in [-0.25, -0.2) is 13.1 Å². The van der Waals surface area contributed by atoms with Gasteiger partial charge in [-0.1, -0.05) is 37.6 Å². The van der Waals surface area contributed by atoms with Crippen molar-refractivity contribution in [1.82, 2.24) is 4.72 Å². The van der Waals surface area contributed by atoms with Crippen LogP contribution < -0.4 is 9.62 Å². The monoisotopic (exact) mass is 346 g/mol. The molecule has 4 nitrogen and oxygen atoms in total. The molecule has 0 saturated heterocycles. The van der Waals surface area contributed by atoms with Gasteiger partial charge in [-0.05, 0) is 48.2 Å². The van der Waals surface area contributed by atoms with Crippen LogP contribution >= 0.6 is 0 Å². The van der Waals surface area contributed by atoms with Crippen molar-refractivity contribution in [3.05, 3.63) is 59.7 Å². The molecule has 0 saturated carbocycles. The highest BCUT2D eigenvalue weighted by molar-refractivity contribution is 7.89. The number of benzene rings is 2. The average molecular weight is 346 g/mol. The van der Waals surface area contributed by atoms with Gasteiger partial charge in [0.15, 0.2) is 0 Å². The molecule has 0 aromatic heterocycles. The van der Waals surface area contributed by atoms with E-state index in [-0.39, 0.29) is 6.54 Å². The van der Waals surface area contributed by atoms with Crippen molar-refractivity contribution < 1.29 is 8.42 Å². The minimum Gasteiger partial charge on any atom is -0.378 e. The molecular formula is C19H26N2O2S. The largest absolute Gasteiger partial charge is 0.378 e. The maximum absolute atomic E-state index is 12.4. The second kappa shape index (κ2) is 8.31. The zero-order valence-electron chi connectivity index (χ0n) is 14.6. The summed E-state index contributed by atoms with van der Waals surface area (Å²) in [5.74, 6) is 0. The van der Waals surface area contributed by atoms with E-state index in [0.29, 0.717) is 4.90 Å². The summed E-state index contributed by atoms with van der Waals surface area (Å²) in [5.41, 5.74) is 3.20. The smallest absolute Gasteiger partial charge is 0.240 e. The van der Waals surface area contributed by atoms with E-state index in [1.54, 1.807) is 12.1 Å². The molecule has 0 aliphatic carbocycles. The molecule has 0 spiro atoms. The first kappa shape index (κ1) is 18.5. The van der Waals surface area contributed by atoms with E-state index in [0.717, 1.165) is 30.5 Å². The highest BCUT2D eigenvalue weighted by Crippen LogP contribution is 2.15. The SMILES string of the molecule is CCCCc1ccc(S(=O)(=O)NCc2ccc(N(C)C)cc2)cc1. The molecule has 0 atom stereocenters. The number of nitrogens with zero attached hydrogens (tertiary/aromatic N) is 1. The number of aryl methyl sites for hydroxylation is 1. The lowest BCUT2D eigenvalue weighted by Crippen LogP contribution is -2.23. The van der Waals surface area contributed by atoms with Gasteiger partial charge in [0.05, 0.1) is 4.90 Å². The van der Waals surface area contributed by atoms with Crippen LogP contribution in [-0.4, -0.2) is 22.5 Å². The molecule has 0 amide bonds. The van der Waals surface area contributed by atoms with E-state index in [4.69, 9.17) is 0 Å². The Labute approximate surface area is 145 Å². The van der Waals surface area contributed by atoms with E-state index in [2.05, 4.69) is 11.6 Å². The third kappa shape index (κ3) is 5.08. The first-order valence-corrected chi connectivity index (χ1v) is 9.75. The Morgan fingerprint density at radius 3 is 2.04 bits per heavy atom. The van der Waals surface area contributed by atoms with Crippen molar-refractivity contribution in [1.29, 1.82) is 0 Å². The number of unbranched alkanes of at least 4 members (excludes halogenated alkanes) is 1. The van der Waals surface area contributed by atoms with Crippen LogP contribution in [0.4, 0.5) is 5.69 Å². The van der Waals surface area contributed by atoms with E-state index in [9.17, 15) is 8.42 Å². The van der Waals surface area contributed by atoms with Crippen molar-refractivity contribution in [3.8, 4) is 0 Å². The van der Waals surface area contributed by atoms with Gasteiger partial charge in [-0.3, -0.25) is 0 Å². The lowest BCUT2D eigenvalue weighted by molar-refractivity contribution is 0.581. The summed E-state index contributed by atoms with van der Waals surface area (Å²) >= 11 is 0. The summed E-state index contributed by atoms with van der Waals surface area (Å²) in [7, 11) is 0.466. The molecule has 2 aromatic rings. The molecule has 0 heterocycles. The molecule has 1 N–H and O–H groups in total. The van der Waals surface area contributed by atoms with Crippen LogP contribution in [0.25, 0.3) is 0 Å². The highest BCUT2D eigenvalue weighted by atomic mass is 32.2. The molecule has 0 fully saturated rings. The van der Waals surface area contributed by atoms with Gasteiger partial charge in [-0.2, -0.15) is 0 Å². The topological polar surface area (TPSA) is 49.4 Å². The zero-order chi connectivity index (χ0) is 17.6. The molecule has 0 unspecified atom stereocenters. The van der Waals surface area contributed by atoms with Crippen molar-refractivity contribution in [3.63, 3.8) is 0 Å². The quantitative estimate of drug-likeness (QED) is 0.795. The second-order valence-corrected chi connectivity index (χ2v) is 7.90. The predicted octanol–water partition coefficient (Wildman–Crippen LogP) is 3.57. The molecule has 2 rings (SSSR count). The Kier molecular flexibility index (Phi) is 6.40. The summed E-state index contributed by atoms with van der Waals surface area (Å²) in [5, 5.41) is 0. The first-order valence-electron chi connectivity index (χ1n) is 8.27. The fourth-order valence-corrected chi connectivity index (χ4v) is 3.41. The lowest BCUT2D eigenvalue weighted by Gasteiger charge is -2.13. The Hall–Kier alpha value is -1.85. The molecule has 130 valence electrons. The maximum Gasteiger partial charge on any atom is 0.240 e. The Bertz CT molecular complexity index is 736. The van der Waals surface area contributed by atoms with E-state index in [1.807, 2.05) is 55.4 Å². The van der Waals surface area contributed by atoms with E-state index in [1.165, 1.54) is 5.56 Å². The van der Waals surface area contributed by atoms with Crippen LogP contribution in [0.2, 0.25) is 0 Å². The number of rotatable bonds is 8. The number of anilines is 1. The van der Waals surface area contributed by atoms with Crippen molar-refractivity contribution >= 4 is 15.7 Å². The summed E-state index contributed by atoms with van der Waals surface area (Å²) in [4.78, 5) is 2.32. The summed E-state index contributed by atoms with van der Waals surface area (Å²) in [6, 6.07) is 15.0. The Morgan fingerprint density at radius 2 is 1.50 bits per heavy atom. The highest BCUT2D eigenvalue weighted by Gasteiger charge is 2.13. The van der Waals surface area contributed by atoms with Gasteiger partial charge in [-0.15, -0.1) is 0 Å². The van der Waals surface area contributed by atoms with Crippen LogP contribution in [-0.2, 0) is 23.0 Å². The summed E-state index contributed by atoms with van der Waals surface area (Å²) in [6.07, 6.45) is 3.24. The Balaban J connectivity index is 2.00. The van der Waals surface area contributed by atoms with Crippen LogP contribution in [0.1, 0.15) is 30.9 Å². The number of hydrogen-bond acceptors (Lipinski definition) is 3. The van der Waals surface area contributed by atoms with Crippen LogP contribution in [0, 0.1) is 0 Å². The van der Waals surface area contributed by atoms with Gasteiger partial charge in [0.2, 0.25) is 10.0 Å². The Morgan fingerprint density at radius 1 is 0.917 bits per heavy atom. The predicted molar refractivity (Wildman–Crippen MR) is 99.8 cm³/mol. The van der Waals surface area contributed by atoms with Crippen LogP contribution in [0.3, 0.4) is 0 Å². The molecule has 0 bridgehead atoms. The maximum atomic E-state index is 12.4. The van der Waals surface area contributed by atoms with Crippen molar-refractivity contribution in [2.24, 2.45) is 0 Å². The molecule has 0 aliphatic rings. The van der Waals surface area contributed by atoms with Gasteiger partial charge in [0.25, 0.3) is 0 Å². The standard InChI is InChI=1S/C19H26N2O2S/c1-4-5-6-16-9-13-19(14-10-16)24(22,23)20-15-17-7-11-18(12-8-17)21(2)3/h7-14,20H,4-6,15H2,1-3H3. The summed E-state index contributed by atoms with van der Waals surface area (Å²) < 4.78 is 27.4. The van der Waals surface area contributed by atoms with E-state index >= 15 is 0 Å². The number of nitrogens with one attached hydrogen (secondary N) is 1. The van der Waals surface area contributed by atoms with Crippen molar-refractivity contribution in [2.45, 2.75) is 37.6 Å². The van der Waals surface area contributed by atoms with Gasteiger partial charge >= 0.3 is 0 Å². The third-order valence-corrected chi connectivity index (χ3v) is 5.39. The molecular weight excluding hydrogens is 320 g/mol. The van der Waals surface area contributed by atoms with Gasteiger partial charge in [0, 0.05) is 26.3 Å². The number of sulfonamides is 1. The lowest BCUT2D eigenvalue weighted by atomic mass is 10.1. The van der Waals surface area contributed by atoms with Crippen LogP contribution in [0.5, 0.6) is 0 Å². The van der Waals surface area contributed by atoms with Crippen molar-refractivity contribution in [2.75, 3.05) is 19.0 Å². The normalized spacial score (nSPS) is 11.5. The molecule has 24 heavy (non-hydrogen) atoms. The fraction of sp³-hybridized carbons (Fsp3) is 0.368. The minimum absolute atomic E-state index is 0.285. The molecule has 2 aromatic carbocycles. The van der Waals surface area contributed by atoms with Gasteiger partial charge in [0.1, 0.15) is 0 Å². The average Bonchev–Trinajstić information content (AvgIpc) is 2.59. The fourth-order valence-electron chi connectivity index (χ4n) is 2.39. The molecule has 0 aliphatic heterocycles. The third-order valence-electron chi connectivity index (χ3n) is 3.97. The van der Waals surface area contributed by atoms with Crippen LogP contribution in [0.15, 0.2) is 53.4 Å². The summed E-state index contributed by atoms with van der Waals surface area (Å²) in [6.45, 7) is 2.43. The molecule has 5 heteroatoms. The second-order valence-electron chi connectivity index (χ2n) is 6.13. The first-order chi connectivity index (χ1) is 11.4.